The molecule has 30 heavy (non-hydrogen) atoms. The number of nitrogens with zero attached hydrogens (tertiary/aromatic N) is 2. The summed E-state index contributed by atoms with van der Waals surface area (Å²) in [7, 11) is 0. The standard InChI is InChI=1S/C26H34FN3/c1-6-18-11-12-22(19(7-2)14-18)28-25-29-24-21(27)9-8-10-23(24)30(25)20-13-17(3)15-26(4,5)16-20/h8-12,14,17,20H,6-7,13,15-16H2,1-5H3,(H,28,29)/t17-,20?/m0/s1. The zero-order chi connectivity index (χ0) is 21.5. The number of halogens is 1. The van der Waals surface area contributed by atoms with Crippen molar-refractivity contribution in [3.63, 3.8) is 0 Å². The van der Waals surface area contributed by atoms with Crippen molar-refractivity contribution < 1.29 is 4.39 Å². The molecule has 2 aromatic carbocycles. The third kappa shape index (κ3) is 3.97. The van der Waals surface area contributed by atoms with Gasteiger partial charge in [-0.1, -0.05) is 52.8 Å². The van der Waals surface area contributed by atoms with Gasteiger partial charge in [0.05, 0.1) is 5.52 Å². The Hall–Kier alpha value is -2.36. The second-order valence-corrected chi connectivity index (χ2v) is 9.80. The highest BCUT2D eigenvalue weighted by Crippen LogP contribution is 2.46. The van der Waals surface area contributed by atoms with Crippen LogP contribution >= 0.6 is 0 Å². The number of fused-ring (bicyclic) bond motifs is 1. The Kier molecular flexibility index (Phi) is 5.61. The Labute approximate surface area is 179 Å². The fourth-order valence-corrected chi connectivity index (χ4v) is 5.43. The van der Waals surface area contributed by atoms with Crippen LogP contribution in [0, 0.1) is 17.2 Å². The van der Waals surface area contributed by atoms with Crippen molar-refractivity contribution >= 4 is 22.7 Å². The molecule has 1 heterocycles. The number of imidazole rings is 1. The molecular formula is C26H34FN3. The lowest BCUT2D eigenvalue weighted by Gasteiger charge is -2.40. The van der Waals surface area contributed by atoms with E-state index in [1.807, 2.05) is 6.07 Å². The molecule has 0 spiro atoms. The van der Waals surface area contributed by atoms with Crippen LogP contribution in [-0.4, -0.2) is 9.55 Å². The zero-order valence-corrected chi connectivity index (χ0v) is 18.9. The summed E-state index contributed by atoms with van der Waals surface area (Å²) < 4.78 is 16.9. The van der Waals surface area contributed by atoms with Crippen LogP contribution in [0.3, 0.4) is 0 Å². The van der Waals surface area contributed by atoms with Crippen LogP contribution in [0.25, 0.3) is 11.0 Å². The van der Waals surface area contributed by atoms with E-state index in [2.05, 4.69) is 62.7 Å². The number of hydrogen-bond donors (Lipinski definition) is 1. The molecule has 1 saturated carbocycles. The maximum Gasteiger partial charge on any atom is 0.208 e. The van der Waals surface area contributed by atoms with Crippen molar-refractivity contribution in [2.24, 2.45) is 11.3 Å². The highest BCUT2D eigenvalue weighted by atomic mass is 19.1. The van der Waals surface area contributed by atoms with Crippen molar-refractivity contribution in [3.8, 4) is 0 Å². The van der Waals surface area contributed by atoms with Crippen molar-refractivity contribution in [1.29, 1.82) is 0 Å². The first-order chi connectivity index (χ1) is 14.3. The number of hydrogen-bond acceptors (Lipinski definition) is 2. The smallest absolute Gasteiger partial charge is 0.208 e. The maximum absolute atomic E-state index is 14.7. The highest BCUT2D eigenvalue weighted by molar-refractivity contribution is 5.81. The van der Waals surface area contributed by atoms with Gasteiger partial charge in [0.15, 0.2) is 5.82 Å². The molecule has 0 saturated heterocycles. The molecule has 160 valence electrons. The second-order valence-electron chi connectivity index (χ2n) is 9.80. The van der Waals surface area contributed by atoms with Gasteiger partial charge in [0, 0.05) is 11.7 Å². The van der Waals surface area contributed by atoms with E-state index in [0.717, 1.165) is 42.8 Å². The summed E-state index contributed by atoms with van der Waals surface area (Å²) in [6.45, 7) is 11.4. The molecule has 1 unspecified atom stereocenters. The topological polar surface area (TPSA) is 29.9 Å². The number of anilines is 2. The van der Waals surface area contributed by atoms with E-state index in [0.29, 0.717) is 17.5 Å². The monoisotopic (exact) mass is 407 g/mol. The molecule has 1 aliphatic rings. The summed E-state index contributed by atoms with van der Waals surface area (Å²) in [6, 6.07) is 12.2. The van der Waals surface area contributed by atoms with Crippen LogP contribution in [0.2, 0.25) is 0 Å². The van der Waals surface area contributed by atoms with Crippen LogP contribution in [0.1, 0.15) is 71.0 Å². The summed E-state index contributed by atoms with van der Waals surface area (Å²) in [5, 5.41) is 3.58. The fourth-order valence-electron chi connectivity index (χ4n) is 5.43. The molecule has 1 N–H and O–H groups in total. The average Bonchev–Trinajstić information content (AvgIpc) is 3.06. The van der Waals surface area contributed by atoms with E-state index in [1.165, 1.54) is 23.6 Å². The van der Waals surface area contributed by atoms with Gasteiger partial charge in [-0.15, -0.1) is 0 Å². The Morgan fingerprint density at radius 1 is 1.13 bits per heavy atom. The first-order valence-electron chi connectivity index (χ1n) is 11.4. The number of aromatic nitrogens is 2. The van der Waals surface area contributed by atoms with E-state index in [-0.39, 0.29) is 11.2 Å². The molecular weight excluding hydrogens is 373 g/mol. The summed E-state index contributed by atoms with van der Waals surface area (Å²) >= 11 is 0. The van der Waals surface area contributed by atoms with Gasteiger partial charge in [-0.25, -0.2) is 9.37 Å². The Morgan fingerprint density at radius 3 is 2.63 bits per heavy atom. The summed E-state index contributed by atoms with van der Waals surface area (Å²) in [5.41, 5.74) is 5.27. The third-order valence-corrected chi connectivity index (χ3v) is 6.61. The van der Waals surface area contributed by atoms with E-state index in [9.17, 15) is 4.39 Å². The lowest BCUT2D eigenvalue weighted by atomic mass is 9.70. The normalized spacial score (nSPS) is 21.1. The van der Waals surface area contributed by atoms with Gasteiger partial charge in [0.2, 0.25) is 5.95 Å². The van der Waals surface area contributed by atoms with Gasteiger partial charge in [0.25, 0.3) is 0 Å². The van der Waals surface area contributed by atoms with Crippen LogP contribution in [0.15, 0.2) is 36.4 Å². The summed E-state index contributed by atoms with van der Waals surface area (Å²) in [6.07, 6.45) is 5.36. The molecule has 0 radical (unpaired) electrons. The molecule has 2 atom stereocenters. The summed E-state index contributed by atoms with van der Waals surface area (Å²) in [5.74, 6) is 1.13. The SMILES string of the molecule is CCc1ccc(Nc2nc3c(F)cccc3n2C2C[C@H](C)CC(C)(C)C2)c(CC)c1. The predicted molar refractivity (Wildman–Crippen MR) is 124 cm³/mol. The number of nitrogens with one attached hydrogen (secondary N) is 1. The van der Waals surface area contributed by atoms with E-state index < -0.39 is 0 Å². The Bertz CT molecular complexity index is 1050. The number of aryl methyl sites for hydroxylation is 2. The zero-order valence-electron chi connectivity index (χ0n) is 18.9. The Morgan fingerprint density at radius 2 is 1.93 bits per heavy atom. The molecule has 0 amide bonds. The van der Waals surface area contributed by atoms with Gasteiger partial charge in [-0.3, -0.25) is 0 Å². The first-order valence-corrected chi connectivity index (χ1v) is 11.4. The van der Waals surface area contributed by atoms with Crippen LogP contribution in [0.5, 0.6) is 0 Å². The number of benzene rings is 2. The van der Waals surface area contributed by atoms with E-state index in [4.69, 9.17) is 4.98 Å². The minimum Gasteiger partial charge on any atom is -0.325 e. The number of rotatable bonds is 5. The summed E-state index contributed by atoms with van der Waals surface area (Å²) in [4.78, 5) is 4.75. The minimum absolute atomic E-state index is 0.255. The molecule has 3 nitrogen and oxygen atoms in total. The second kappa shape index (κ2) is 8.05. The highest BCUT2D eigenvalue weighted by Gasteiger charge is 2.35. The quantitative estimate of drug-likeness (QED) is 0.476. The van der Waals surface area contributed by atoms with Crippen LogP contribution < -0.4 is 5.32 Å². The number of para-hydroxylation sites is 1. The molecule has 1 aromatic heterocycles. The molecule has 4 heteroatoms. The van der Waals surface area contributed by atoms with E-state index >= 15 is 0 Å². The van der Waals surface area contributed by atoms with Crippen molar-refractivity contribution in [2.75, 3.05) is 5.32 Å². The van der Waals surface area contributed by atoms with Crippen molar-refractivity contribution in [3.05, 3.63) is 53.3 Å². The molecule has 4 rings (SSSR count). The molecule has 1 aliphatic carbocycles. The predicted octanol–water partition coefficient (Wildman–Crippen LogP) is 7.43. The van der Waals surface area contributed by atoms with Crippen LogP contribution in [0.4, 0.5) is 16.0 Å². The lowest BCUT2D eigenvalue weighted by molar-refractivity contribution is 0.140. The van der Waals surface area contributed by atoms with Crippen molar-refractivity contribution in [2.45, 2.75) is 72.8 Å². The lowest BCUT2D eigenvalue weighted by Crippen LogP contribution is -2.29. The molecule has 3 aromatic rings. The van der Waals surface area contributed by atoms with Crippen LogP contribution in [-0.2, 0) is 12.8 Å². The average molecular weight is 408 g/mol. The molecule has 0 bridgehead atoms. The van der Waals surface area contributed by atoms with Gasteiger partial charge in [-0.05, 0) is 72.8 Å². The van der Waals surface area contributed by atoms with Crippen molar-refractivity contribution in [1.82, 2.24) is 9.55 Å². The van der Waals surface area contributed by atoms with Gasteiger partial charge < -0.3 is 9.88 Å². The third-order valence-electron chi connectivity index (χ3n) is 6.61. The fraction of sp³-hybridized carbons (Fsp3) is 0.500. The largest absolute Gasteiger partial charge is 0.325 e. The van der Waals surface area contributed by atoms with Gasteiger partial charge >= 0.3 is 0 Å². The maximum atomic E-state index is 14.7. The first kappa shape index (κ1) is 20.9. The van der Waals surface area contributed by atoms with Gasteiger partial charge in [-0.2, -0.15) is 0 Å². The van der Waals surface area contributed by atoms with Gasteiger partial charge in [0.1, 0.15) is 5.52 Å². The van der Waals surface area contributed by atoms with E-state index in [1.54, 1.807) is 6.07 Å². The Balaban J connectivity index is 1.82. The molecule has 1 fully saturated rings. The minimum atomic E-state index is -0.255. The molecule has 0 aliphatic heterocycles.